The third-order valence-corrected chi connectivity index (χ3v) is 2.10. The molecule has 4 nitrogen and oxygen atoms in total. The van der Waals surface area contributed by atoms with Crippen LogP contribution in [0.15, 0.2) is 21.5 Å². The van der Waals surface area contributed by atoms with Crippen LogP contribution in [-0.4, -0.2) is 17.6 Å². The summed E-state index contributed by atoms with van der Waals surface area (Å²) in [6, 6.07) is 1.53. The second-order valence-corrected chi connectivity index (χ2v) is 4.23. The molecule has 5 heteroatoms. The number of aryl methyl sites for hydroxylation is 1. The Morgan fingerprint density at radius 3 is 2.87 bits per heavy atom. The minimum atomic E-state index is -0.965. The quantitative estimate of drug-likeness (QED) is 0.864. The van der Waals surface area contributed by atoms with Crippen LogP contribution in [0.4, 0.5) is 0 Å². The number of aromatic carboxylic acids is 1. The van der Waals surface area contributed by atoms with E-state index in [4.69, 9.17) is 9.52 Å². The summed E-state index contributed by atoms with van der Waals surface area (Å²) in [6.07, 6.45) is 0. The van der Waals surface area contributed by atoms with Gasteiger partial charge in [0.05, 0.1) is 6.54 Å². The van der Waals surface area contributed by atoms with Crippen LogP contribution in [0.2, 0.25) is 0 Å². The Kier molecular flexibility index (Phi) is 4.11. The van der Waals surface area contributed by atoms with Crippen LogP contribution in [0.5, 0.6) is 0 Å². The molecular weight excluding hydrogens is 262 g/mol. The van der Waals surface area contributed by atoms with Gasteiger partial charge in [-0.1, -0.05) is 22.5 Å². The van der Waals surface area contributed by atoms with Crippen LogP contribution in [0.1, 0.15) is 21.9 Å². The van der Waals surface area contributed by atoms with E-state index < -0.39 is 5.97 Å². The first kappa shape index (κ1) is 12.0. The molecule has 0 fully saturated rings. The van der Waals surface area contributed by atoms with Gasteiger partial charge in [0.1, 0.15) is 17.1 Å². The third kappa shape index (κ3) is 3.53. The highest BCUT2D eigenvalue weighted by Crippen LogP contribution is 2.14. The number of furan rings is 1. The van der Waals surface area contributed by atoms with Gasteiger partial charge in [-0.2, -0.15) is 0 Å². The normalized spacial score (nSPS) is 10.3. The van der Waals surface area contributed by atoms with E-state index in [1.807, 2.05) is 0 Å². The molecule has 15 heavy (non-hydrogen) atoms. The SMILES string of the molecule is C=C(Br)CNCc1cc(C(=O)O)c(C)o1. The van der Waals surface area contributed by atoms with E-state index in [0.29, 0.717) is 24.6 Å². The Morgan fingerprint density at radius 2 is 2.40 bits per heavy atom. The van der Waals surface area contributed by atoms with Crippen LogP contribution < -0.4 is 5.32 Å². The van der Waals surface area contributed by atoms with Gasteiger partial charge in [0.15, 0.2) is 0 Å². The van der Waals surface area contributed by atoms with Crippen LogP contribution >= 0.6 is 15.9 Å². The first-order valence-corrected chi connectivity index (χ1v) is 5.16. The predicted molar refractivity (Wildman–Crippen MR) is 60.2 cm³/mol. The number of rotatable bonds is 5. The molecule has 0 aliphatic heterocycles. The van der Waals surface area contributed by atoms with Gasteiger partial charge in [0.2, 0.25) is 0 Å². The van der Waals surface area contributed by atoms with Gasteiger partial charge in [0.25, 0.3) is 0 Å². The predicted octanol–water partition coefficient (Wildman–Crippen LogP) is 2.28. The van der Waals surface area contributed by atoms with Crippen molar-refractivity contribution in [3.63, 3.8) is 0 Å². The van der Waals surface area contributed by atoms with Crippen molar-refractivity contribution in [2.75, 3.05) is 6.54 Å². The zero-order chi connectivity index (χ0) is 11.4. The van der Waals surface area contributed by atoms with E-state index in [2.05, 4.69) is 27.8 Å². The Balaban J connectivity index is 2.59. The summed E-state index contributed by atoms with van der Waals surface area (Å²) in [6.45, 7) is 6.40. The van der Waals surface area contributed by atoms with Crippen molar-refractivity contribution in [3.8, 4) is 0 Å². The molecule has 1 aromatic heterocycles. The summed E-state index contributed by atoms with van der Waals surface area (Å²) in [7, 11) is 0. The molecule has 82 valence electrons. The van der Waals surface area contributed by atoms with E-state index in [1.165, 1.54) is 6.07 Å². The standard InChI is InChI=1S/C10H12BrNO3/c1-6(11)4-12-5-8-3-9(10(13)14)7(2)15-8/h3,12H,1,4-5H2,2H3,(H,13,14). The second-order valence-electron chi connectivity index (χ2n) is 3.11. The fraction of sp³-hybridized carbons (Fsp3) is 0.300. The molecule has 0 atom stereocenters. The summed E-state index contributed by atoms with van der Waals surface area (Å²) in [5, 5.41) is 11.8. The lowest BCUT2D eigenvalue weighted by atomic mass is 10.2. The van der Waals surface area contributed by atoms with Gasteiger partial charge in [-0.3, -0.25) is 0 Å². The fourth-order valence-electron chi connectivity index (χ4n) is 1.16. The fourth-order valence-corrected chi connectivity index (χ4v) is 1.36. The highest BCUT2D eigenvalue weighted by molar-refractivity contribution is 9.11. The van der Waals surface area contributed by atoms with Crippen LogP contribution in [0, 0.1) is 6.92 Å². The van der Waals surface area contributed by atoms with Gasteiger partial charge in [0, 0.05) is 11.0 Å². The number of halogens is 1. The van der Waals surface area contributed by atoms with Crippen molar-refractivity contribution >= 4 is 21.9 Å². The first-order valence-electron chi connectivity index (χ1n) is 4.37. The molecule has 0 aliphatic rings. The lowest BCUT2D eigenvalue weighted by Gasteiger charge is -1.99. The molecule has 0 saturated heterocycles. The van der Waals surface area contributed by atoms with Crippen molar-refractivity contribution in [2.45, 2.75) is 13.5 Å². The summed E-state index contributed by atoms with van der Waals surface area (Å²) in [5.74, 6) is 0.0722. The molecule has 0 bridgehead atoms. The van der Waals surface area contributed by atoms with Crippen molar-refractivity contribution in [2.24, 2.45) is 0 Å². The topological polar surface area (TPSA) is 62.5 Å². The van der Waals surface area contributed by atoms with Crippen LogP contribution in [0.3, 0.4) is 0 Å². The van der Waals surface area contributed by atoms with E-state index in [0.717, 1.165) is 4.48 Å². The number of nitrogens with one attached hydrogen (secondary N) is 1. The van der Waals surface area contributed by atoms with Crippen molar-refractivity contribution in [1.82, 2.24) is 5.32 Å². The van der Waals surface area contributed by atoms with Crippen molar-refractivity contribution in [1.29, 1.82) is 0 Å². The molecule has 1 rings (SSSR count). The highest BCUT2D eigenvalue weighted by Gasteiger charge is 2.12. The maximum absolute atomic E-state index is 10.7. The average Bonchev–Trinajstić information content (AvgIpc) is 2.46. The van der Waals surface area contributed by atoms with Gasteiger partial charge in [-0.25, -0.2) is 4.79 Å². The highest BCUT2D eigenvalue weighted by atomic mass is 79.9. The van der Waals surface area contributed by atoms with Crippen LogP contribution in [-0.2, 0) is 6.54 Å². The Hall–Kier alpha value is -1.07. The third-order valence-electron chi connectivity index (χ3n) is 1.82. The minimum absolute atomic E-state index is 0.212. The molecular formula is C10H12BrNO3. The smallest absolute Gasteiger partial charge is 0.339 e. The maximum atomic E-state index is 10.7. The molecule has 0 spiro atoms. The monoisotopic (exact) mass is 273 g/mol. The number of carbonyl (C=O) groups is 1. The number of carboxylic acid groups (broad SMARTS) is 1. The van der Waals surface area contributed by atoms with Crippen molar-refractivity contribution in [3.05, 3.63) is 34.2 Å². The molecule has 1 heterocycles. The molecule has 0 aromatic carbocycles. The largest absolute Gasteiger partial charge is 0.478 e. The van der Waals surface area contributed by atoms with E-state index in [1.54, 1.807) is 6.92 Å². The van der Waals surface area contributed by atoms with Crippen molar-refractivity contribution < 1.29 is 14.3 Å². The number of hydrogen-bond acceptors (Lipinski definition) is 3. The van der Waals surface area contributed by atoms with Gasteiger partial charge < -0.3 is 14.8 Å². The lowest BCUT2D eigenvalue weighted by molar-refractivity contribution is 0.0695. The van der Waals surface area contributed by atoms with E-state index >= 15 is 0 Å². The zero-order valence-corrected chi connectivity index (χ0v) is 9.93. The maximum Gasteiger partial charge on any atom is 0.339 e. The summed E-state index contributed by atoms with van der Waals surface area (Å²) in [4.78, 5) is 10.7. The minimum Gasteiger partial charge on any atom is -0.478 e. The van der Waals surface area contributed by atoms with Gasteiger partial charge in [-0.15, -0.1) is 0 Å². The summed E-state index contributed by atoms with van der Waals surface area (Å²) in [5.41, 5.74) is 0.212. The summed E-state index contributed by atoms with van der Waals surface area (Å²) < 4.78 is 6.11. The Morgan fingerprint density at radius 1 is 1.73 bits per heavy atom. The molecule has 0 unspecified atom stereocenters. The number of hydrogen-bond donors (Lipinski definition) is 2. The molecule has 1 aromatic rings. The Labute approximate surface area is 96.1 Å². The van der Waals surface area contributed by atoms with E-state index in [9.17, 15) is 4.79 Å². The molecule has 2 N–H and O–H groups in total. The molecule has 0 aliphatic carbocycles. The molecule has 0 radical (unpaired) electrons. The zero-order valence-electron chi connectivity index (χ0n) is 8.34. The van der Waals surface area contributed by atoms with Crippen LogP contribution in [0.25, 0.3) is 0 Å². The average molecular weight is 274 g/mol. The second kappa shape index (κ2) is 5.14. The molecule has 0 amide bonds. The van der Waals surface area contributed by atoms with Gasteiger partial charge >= 0.3 is 5.97 Å². The lowest BCUT2D eigenvalue weighted by Crippen LogP contribution is -2.13. The van der Waals surface area contributed by atoms with E-state index in [-0.39, 0.29) is 5.56 Å². The molecule has 0 saturated carbocycles. The summed E-state index contributed by atoms with van der Waals surface area (Å²) >= 11 is 3.21. The first-order chi connectivity index (χ1) is 7.00. The number of carboxylic acids is 1. The van der Waals surface area contributed by atoms with Gasteiger partial charge in [-0.05, 0) is 13.0 Å². The Bertz CT molecular complexity index is 384.